The monoisotopic (exact) mass is 331 g/mol. The zero-order chi connectivity index (χ0) is 17.2. The molecule has 2 aliphatic rings. The van der Waals surface area contributed by atoms with Gasteiger partial charge < -0.3 is 20.3 Å². The molecule has 0 bridgehead atoms. The van der Waals surface area contributed by atoms with Gasteiger partial charge in [0, 0.05) is 30.7 Å². The topological polar surface area (TPSA) is 53.6 Å². The molecule has 2 saturated heterocycles. The second-order valence-electron chi connectivity index (χ2n) is 7.74. The van der Waals surface area contributed by atoms with E-state index in [1.165, 1.54) is 12.8 Å². The summed E-state index contributed by atoms with van der Waals surface area (Å²) in [4.78, 5) is 15.1. The predicted molar refractivity (Wildman–Crippen MR) is 96.4 cm³/mol. The smallest absolute Gasteiger partial charge is 0.247 e. The number of nitrogens with zero attached hydrogens (tertiary/aromatic N) is 1. The average molecular weight is 331 g/mol. The zero-order valence-electron chi connectivity index (χ0n) is 15.0. The minimum absolute atomic E-state index is 0.181. The molecule has 0 radical (unpaired) electrons. The van der Waals surface area contributed by atoms with Crippen molar-refractivity contribution in [2.24, 2.45) is 5.41 Å². The SMILES string of the molecule is COc1ccc(NC(C)(C)C(=O)N2CCC3(CCCNC3)C2)cc1. The van der Waals surface area contributed by atoms with E-state index in [1.807, 2.05) is 43.0 Å². The molecule has 2 N–H and O–H groups in total. The first-order chi connectivity index (χ1) is 11.4. The molecular weight excluding hydrogens is 302 g/mol. The summed E-state index contributed by atoms with van der Waals surface area (Å²) in [6.07, 6.45) is 3.57. The van der Waals surface area contributed by atoms with Gasteiger partial charge in [0.2, 0.25) is 5.91 Å². The van der Waals surface area contributed by atoms with Crippen molar-refractivity contribution in [2.45, 2.75) is 38.6 Å². The first-order valence-corrected chi connectivity index (χ1v) is 8.87. The lowest BCUT2D eigenvalue weighted by molar-refractivity contribution is -0.134. The highest BCUT2D eigenvalue weighted by Crippen LogP contribution is 2.37. The van der Waals surface area contributed by atoms with Gasteiger partial charge in [-0.2, -0.15) is 0 Å². The Kier molecular flexibility index (Phi) is 4.72. The Labute approximate surface area is 144 Å². The Morgan fingerprint density at radius 1 is 1.29 bits per heavy atom. The quantitative estimate of drug-likeness (QED) is 0.890. The predicted octanol–water partition coefficient (Wildman–Crippen LogP) is 2.49. The van der Waals surface area contributed by atoms with Gasteiger partial charge >= 0.3 is 0 Å². The summed E-state index contributed by atoms with van der Waals surface area (Å²) >= 11 is 0. The van der Waals surface area contributed by atoms with Gasteiger partial charge in [0.15, 0.2) is 0 Å². The van der Waals surface area contributed by atoms with Crippen LogP contribution < -0.4 is 15.4 Å². The summed E-state index contributed by atoms with van der Waals surface area (Å²) in [5.74, 6) is 0.997. The van der Waals surface area contributed by atoms with Crippen molar-refractivity contribution in [3.8, 4) is 5.75 Å². The number of anilines is 1. The number of rotatable bonds is 4. The van der Waals surface area contributed by atoms with Crippen LogP contribution in [0.1, 0.15) is 33.1 Å². The molecule has 1 unspecified atom stereocenters. The van der Waals surface area contributed by atoms with E-state index >= 15 is 0 Å². The molecule has 1 atom stereocenters. The number of ether oxygens (including phenoxy) is 1. The van der Waals surface area contributed by atoms with Crippen molar-refractivity contribution in [3.05, 3.63) is 24.3 Å². The van der Waals surface area contributed by atoms with E-state index in [4.69, 9.17) is 4.74 Å². The zero-order valence-corrected chi connectivity index (χ0v) is 15.0. The number of likely N-dealkylation sites (tertiary alicyclic amines) is 1. The van der Waals surface area contributed by atoms with Crippen molar-refractivity contribution in [3.63, 3.8) is 0 Å². The lowest BCUT2D eigenvalue weighted by atomic mass is 9.80. The second kappa shape index (κ2) is 6.63. The fourth-order valence-corrected chi connectivity index (χ4v) is 3.97. The molecular formula is C19H29N3O2. The third kappa shape index (κ3) is 3.51. The molecule has 5 heteroatoms. The minimum Gasteiger partial charge on any atom is -0.497 e. The molecule has 132 valence electrons. The van der Waals surface area contributed by atoms with Crippen LogP contribution in [0, 0.1) is 5.41 Å². The standard InChI is InChI=1S/C19H29N3O2/c1-18(2,21-15-5-7-16(24-3)8-6-15)17(23)22-12-10-19(14-22)9-4-11-20-13-19/h5-8,20-21H,4,9-14H2,1-3H3. The highest BCUT2D eigenvalue weighted by atomic mass is 16.5. The highest BCUT2D eigenvalue weighted by Gasteiger charge is 2.43. The van der Waals surface area contributed by atoms with Crippen molar-refractivity contribution < 1.29 is 9.53 Å². The highest BCUT2D eigenvalue weighted by molar-refractivity contribution is 5.88. The summed E-state index contributed by atoms with van der Waals surface area (Å²) in [6, 6.07) is 7.71. The summed E-state index contributed by atoms with van der Waals surface area (Å²) < 4.78 is 5.18. The molecule has 2 fully saturated rings. The molecule has 0 aliphatic carbocycles. The number of methoxy groups -OCH3 is 1. The molecule has 1 aromatic rings. The first kappa shape index (κ1) is 17.1. The minimum atomic E-state index is -0.623. The molecule has 2 heterocycles. The van der Waals surface area contributed by atoms with E-state index in [0.29, 0.717) is 5.41 Å². The second-order valence-corrected chi connectivity index (χ2v) is 7.74. The number of carbonyl (C=O) groups is 1. The summed E-state index contributed by atoms with van der Waals surface area (Å²) in [6.45, 7) is 7.83. The molecule has 0 aromatic heterocycles. The van der Waals surface area contributed by atoms with Crippen LogP contribution in [0.3, 0.4) is 0 Å². The van der Waals surface area contributed by atoms with E-state index in [0.717, 1.165) is 44.0 Å². The molecule has 2 aliphatic heterocycles. The maximum Gasteiger partial charge on any atom is 0.247 e. The molecule has 5 nitrogen and oxygen atoms in total. The van der Waals surface area contributed by atoms with Gasteiger partial charge in [-0.15, -0.1) is 0 Å². The van der Waals surface area contributed by atoms with Crippen LogP contribution in [0.25, 0.3) is 0 Å². The average Bonchev–Trinajstić information content (AvgIpc) is 2.98. The molecule has 24 heavy (non-hydrogen) atoms. The van der Waals surface area contributed by atoms with Gasteiger partial charge in [-0.05, 0) is 63.9 Å². The van der Waals surface area contributed by atoms with Gasteiger partial charge in [0.05, 0.1) is 7.11 Å². The molecule has 1 spiro atoms. The number of benzene rings is 1. The van der Waals surface area contributed by atoms with Crippen molar-refractivity contribution in [1.82, 2.24) is 10.2 Å². The van der Waals surface area contributed by atoms with Crippen LogP contribution in [0.5, 0.6) is 5.75 Å². The lowest BCUT2D eigenvalue weighted by Crippen LogP contribution is -2.50. The Balaban J connectivity index is 1.64. The van der Waals surface area contributed by atoms with Gasteiger partial charge in [0.1, 0.15) is 11.3 Å². The lowest BCUT2D eigenvalue weighted by Gasteiger charge is -2.35. The summed E-state index contributed by atoms with van der Waals surface area (Å²) in [7, 11) is 1.65. The van der Waals surface area contributed by atoms with Crippen LogP contribution in [0.2, 0.25) is 0 Å². The van der Waals surface area contributed by atoms with E-state index in [9.17, 15) is 4.79 Å². The van der Waals surface area contributed by atoms with Gasteiger partial charge in [-0.1, -0.05) is 0 Å². The van der Waals surface area contributed by atoms with Crippen molar-refractivity contribution in [2.75, 3.05) is 38.6 Å². The van der Waals surface area contributed by atoms with Crippen LogP contribution in [-0.4, -0.2) is 49.6 Å². The Morgan fingerprint density at radius 3 is 2.67 bits per heavy atom. The van der Waals surface area contributed by atoms with E-state index in [2.05, 4.69) is 10.6 Å². The van der Waals surface area contributed by atoms with E-state index < -0.39 is 5.54 Å². The van der Waals surface area contributed by atoms with Crippen LogP contribution in [0.15, 0.2) is 24.3 Å². The summed E-state index contributed by atoms with van der Waals surface area (Å²) in [5.41, 5.74) is 0.606. The number of nitrogens with one attached hydrogen (secondary N) is 2. The molecule has 1 aromatic carbocycles. The van der Waals surface area contributed by atoms with Crippen LogP contribution in [-0.2, 0) is 4.79 Å². The fraction of sp³-hybridized carbons (Fsp3) is 0.632. The maximum atomic E-state index is 13.0. The van der Waals surface area contributed by atoms with Gasteiger partial charge in [-0.25, -0.2) is 0 Å². The van der Waals surface area contributed by atoms with Crippen LogP contribution >= 0.6 is 0 Å². The number of hydrogen-bond donors (Lipinski definition) is 2. The Morgan fingerprint density at radius 2 is 2.04 bits per heavy atom. The van der Waals surface area contributed by atoms with Crippen molar-refractivity contribution in [1.29, 1.82) is 0 Å². The van der Waals surface area contributed by atoms with E-state index in [1.54, 1.807) is 7.11 Å². The first-order valence-electron chi connectivity index (χ1n) is 8.87. The van der Waals surface area contributed by atoms with E-state index in [-0.39, 0.29) is 5.91 Å². The van der Waals surface area contributed by atoms with Gasteiger partial charge in [-0.3, -0.25) is 4.79 Å². The molecule has 3 rings (SSSR count). The van der Waals surface area contributed by atoms with Crippen LogP contribution in [0.4, 0.5) is 5.69 Å². The largest absolute Gasteiger partial charge is 0.497 e. The fourth-order valence-electron chi connectivity index (χ4n) is 3.97. The molecule has 0 saturated carbocycles. The Hall–Kier alpha value is -1.75. The van der Waals surface area contributed by atoms with Crippen molar-refractivity contribution >= 4 is 11.6 Å². The summed E-state index contributed by atoms with van der Waals surface area (Å²) in [5, 5.41) is 6.88. The normalized spacial score (nSPS) is 24.2. The third-order valence-electron chi connectivity index (χ3n) is 5.37. The maximum absolute atomic E-state index is 13.0. The number of hydrogen-bond acceptors (Lipinski definition) is 4. The molecule has 1 amide bonds. The third-order valence-corrected chi connectivity index (χ3v) is 5.37. The number of amides is 1. The Bertz CT molecular complexity index is 577. The number of carbonyl (C=O) groups excluding carboxylic acids is 1. The number of piperidine rings is 1. The van der Waals surface area contributed by atoms with Gasteiger partial charge in [0.25, 0.3) is 0 Å².